The van der Waals surface area contributed by atoms with Crippen LogP contribution in [0.5, 0.6) is 11.5 Å². The van der Waals surface area contributed by atoms with E-state index in [0.717, 1.165) is 0 Å². The number of piperazine rings is 1. The van der Waals surface area contributed by atoms with Gasteiger partial charge in [0.25, 0.3) is 5.91 Å². The first-order valence-corrected chi connectivity index (χ1v) is 6.32. The average Bonchev–Trinajstić information content (AvgIpc) is 2.48. The molecule has 1 aromatic carbocycles. The number of hydrogen-bond donors (Lipinski definition) is 0. The monoisotopic (exact) mass is 278 g/mol. The van der Waals surface area contributed by atoms with Crippen molar-refractivity contribution in [3.05, 3.63) is 23.8 Å². The van der Waals surface area contributed by atoms with Crippen molar-refractivity contribution in [2.24, 2.45) is 0 Å². The molecule has 6 heteroatoms. The van der Waals surface area contributed by atoms with Gasteiger partial charge < -0.3 is 19.3 Å². The third-order valence-corrected chi connectivity index (χ3v) is 3.37. The Balaban J connectivity index is 2.19. The Kier molecular flexibility index (Phi) is 4.12. The molecule has 1 aliphatic heterocycles. The van der Waals surface area contributed by atoms with Gasteiger partial charge in [-0.1, -0.05) is 0 Å². The first kappa shape index (κ1) is 14.2. The minimum Gasteiger partial charge on any atom is -0.493 e. The maximum absolute atomic E-state index is 12.4. The zero-order chi connectivity index (χ0) is 14.7. The summed E-state index contributed by atoms with van der Waals surface area (Å²) in [6, 6.07) is 4.99. The van der Waals surface area contributed by atoms with E-state index in [1.807, 2.05) is 0 Å². The first-order chi connectivity index (χ1) is 9.56. The van der Waals surface area contributed by atoms with Gasteiger partial charge in [0.2, 0.25) is 5.91 Å². The van der Waals surface area contributed by atoms with Crippen LogP contribution in [0.25, 0.3) is 0 Å². The largest absolute Gasteiger partial charge is 0.493 e. The van der Waals surface area contributed by atoms with Crippen LogP contribution in [0.4, 0.5) is 0 Å². The molecule has 1 aromatic rings. The van der Waals surface area contributed by atoms with E-state index in [2.05, 4.69) is 0 Å². The van der Waals surface area contributed by atoms with Gasteiger partial charge in [-0.25, -0.2) is 0 Å². The summed E-state index contributed by atoms with van der Waals surface area (Å²) in [6.07, 6.45) is 0. The number of rotatable bonds is 3. The molecular weight excluding hydrogens is 260 g/mol. The van der Waals surface area contributed by atoms with Gasteiger partial charge in [0.05, 0.1) is 14.2 Å². The summed E-state index contributed by atoms with van der Waals surface area (Å²) in [4.78, 5) is 27.2. The van der Waals surface area contributed by atoms with Crippen molar-refractivity contribution in [2.45, 2.75) is 0 Å². The predicted octanol–water partition coefficient (Wildman–Crippen LogP) is 0.618. The van der Waals surface area contributed by atoms with Gasteiger partial charge in [-0.3, -0.25) is 9.59 Å². The van der Waals surface area contributed by atoms with Crippen molar-refractivity contribution < 1.29 is 19.1 Å². The van der Waals surface area contributed by atoms with E-state index in [9.17, 15) is 9.59 Å². The van der Waals surface area contributed by atoms with Crippen LogP contribution in [0.2, 0.25) is 0 Å². The average molecular weight is 278 g/mol. The van der Waals surface area contributed by atoms with Crippen molar-refractivity contribution >= 4 is 11.8 Å². The highest BCUT2D eigenvalue weighted by molar-refractivity contribution is 5.97. The lowest BCUT2D eigenvalue weighted by atomic mass is 10.1. The molecule has 0 aliphatic carbocycles. The molecule has 0 atom stereocenters. The molecule has 0 aromatic heterocycles. The van der Waals surface area contributed by atoms with Gasteiger partial charge in [-0.05, 0) is 18.2 Å². The molecule has 0 saturated carbocycles. The maximum atomic E-state index is 12.4. The number of methoxy groups -OCH3 is 2. The molecule has 108 valence electrons. The summed E-state index contributed by atoms with van der Waals surface area (Å²) < 4.78 is 10.3. The Morgan fingerprint density at radius 2 is 1.85 bits per heavy atom. The van der Waals surface area contributed by atoms with Gasteiger partial charge >= 0.3 is 0 Å². The van der Waals surface area contributed by atoms with Crippen molar-refractivity contribution in [2.75, 3.05) is 40.9 Å². The predicted molar refractivity (Wildman–Crippen MR) is 73.1 cm³/mol. The number of benzene rings is 1. The molecule has 20 heavy (non-hydrogen) atoms. The number of likely N-dealkylation sites (N-methyl/N-ethyl adjacent to an activating group) is 1. The molecular formula is C14H18N2O4. The third kappa shape index (κ3) is 2.68. The highest BCUT2D eigenvalue weighted by atomic mass is 16.5. The zero-order valence-electron chi connectivity index (χ0n) is 11.9. The normalized spacial score (nSPS) is 15.2. The molecule has 0 radical (unpaired) electrons. The van der Waals surface area contributed by atoms with E-state index in [0.29, 0.717) is 30.2 Å². The van der Waals surface area contributed by atoms with Crippen molar-refractivity contribution in [3.8, 4) is 11.5 Å². The third-order valence-electron chi connectivity index (χ3n) is 3.37. The van der Waals surface area contributed by atoms with Gasteiger partial charge in [0, 0.05) is 25.7 Å². The van der Waals surface area contributed by atoms with Crippen LogP contribution in [0.3, 0.4) is 0 Å². The standard InChI is InChI=1S/C14H18N2O4/c1-15-6-7-16(9-13(15)17)14(18)10-4-5-11(19-2)12(8-10)20-3/h4-5,8H,6-7,9H2,1-3H3. The van der Waals surface area contributed by atoms with Gasteiger partial charge in [0.15, 0.2) is 11.5 Å². The number of carbonyl (C=O) groups excluding carboxylic acids is 2. The first-order valence-electron chi connectivity index (χ1n) is 6.32. The Labute approximate surface area is 117 Å². The lowest BCUT2D eigenvalue weighted by Gasteiger charge is -2.32. The second kappa shape index (κ2) is 5.81. The van der Waals surface area contributed by atoms with Crippen LogP contribution in [0, 0.1) is 0 Å². The maximum Gasteiger partial charge on any atom is 0.254 e. The molecule has 1 saturated heterocycles. The number of hydrogen-bond acceptors (Lipinski definition) is 4. The fourth-order valence-corrected chi connectivity index (χ4v) is 2.08. The van der Waals surface area contributed by atoms with Crippen LogP contribution in [0.1, 0.15) is 10.4 Å². The molecule has 1 aliphatic rings. The molecule has 0 spiro atoms. The van der Waals surface area contributed by atoms with Crippen LogP contribution < -0.4 is 9.47 Å². The van der Waals surface area contributed by atoms with Crippen LogP contribution >= 0.6 is 0 Å². The Morgan fingerprint density at radius 3 is 2.45 bits per heavy atom. The second-order valence-corrected chi connectivity index (χ2v) is 4.61. The van der Waals surface area contributed by atoms with E-state index < -0.39 is 0 Å². The number of carbonyl (C=O) groups is 2. The van der Waals surface area contributed by atoms with E-state index in [1.165, 1.54) is 7.11 Å². The van der Waals surface area contributed by atoms with Crippen molar-refractivity contribution in [1.82, 2.24) is 9.80 Å². The summed E-state index contributed by atoms with van der Waals surface area (Å²) in [5.41, 5.74) is 0.486. The highest BCUT2D eigenvalue weighted by Crippen LogP contribution is 2.28. The summed E-state index contributed by atoms with van der Waals surface area (Å²) in [7, 11) is 4.80. The van der Waals surface area contributed by atoms with Gasteiger partial charge in [-0.15, -0.1) is 0 Å². The Morgan fingerprint density at radius 1 is 1.15 bits per heavy atom. The Bertz CT molecular complexity index is 530. The minimum atomic E-state index is -0.174. The van der Waals surface area contributed by atoms with Crippen LogP contribution in [-0.4, -0.2) is 62.5 Å². The van der Waals surface area contributed by atoms with Crippen molar-refractivity contribution in [1.29, 1.82) is 0 Å². The quantitative estimate of drug-likeness (QED) is 0.813. The lowest BCUT2D eigenvalue weighted by molar-refractivity contribution is -0.133. The number of amides is 2. The zero-order valence-corrected chi connectivity index (χ0v) is 11.9. The topological polar surface area (TPSA) is 59.1 Å². The fourth-order valence-electron chi connectivity index (χ4n) is 2.08. The lowest BCUT2D eigenvalue weighted by Crippen LogP contribution is -2.50. The van der Waals surface area contributed by atoms with Gasteiger partial charge in [-0.2, -0.15) is 0 Å². The summed E-state index contributed by atoms with van der Waals surface area (Å²) >= 11 is 0. The Hall–Kier alpha value is -2.24. The van der Waals surface area contributed by atoms with Crippen LogP contribution in [0.15, 0.2) is 18.2 Å². The smallest absolute Gasteiger partial charge is 0.254 e. The molecule has 0 bridgehead atoms. The summed E-state index contributed by atoms with van der Waals surface area (Å²) in [5, 5.41) is 0. The second-order valence-electron chi connectivity index (χ2n) is 4.61. The SMILES string of the molecule is COc1ccc(C(=O)N2CCN(C)C(=O)C2)cc1OC. The molecule has 2 rings (SSSR count). The summed E-state index contributed by atoms with van der Waals surface area (Å²) in [6.45, 7) is 1.21. The fraction of sp³-hybridized carbons (Fsp3) is 0.429. The highest BCUT2D eigenvalue weighted by Gasteiger charge is 2.26. The number of ether oxygens (including phenoxy) is 2. The summed E-state index contributed by atoms with van der Waals surface area (Å²) in [5.74, 6) is 0.842. The van der Waals surface area contributed by atoms with Gasteiger partial charge in [0.1, 0.15) is 6.54 Å². The molecule has 2 amide bonds. The molecule has 1 fully saturated rings. The van der Waals surface area contributed by atoms with E-state index in [1.54, 1.807) is 42.2 Å². The molecule has 1 heterocycles. The number of nitrogens with zero attached hydrogens (tertiary/aromatic N) is 2. The van der Waals surface area contributed by atoms with E-state index in [-0.39, 0.29) is 18.4 Å². The van der Waals surface area contributed by atoms with Crippen LogP contribution in [-0.2, 0) is 4.79 Å². The minimum absolute atomic E-state index is 0.0509. The van der Waals surface area contributed by atoms with E-state index >= 15 is 0 Å². The molecule has 0 N–H and O–H groups in total. The molecule has 6 nitrogen and oxygen atoms in total. The van der Waals surface area contributed by atoms with Crippen molar-refractivity contribution in [3.63, 3.8) is 0 Å². The van der Waals surface area contributed by atoms with E-state index in [4.69, 9.17) is 9.47 Å². The molecule has 0 unspecified atom stereocenters.